The highest BCUT2D eigenvalue weighted by Gasteiger charge is 2.30. The molecule has 0 spiro atoms. The van der Waals surface area contributed by atoms with E-state index in [9.17, 15) is 13.6 Å². The third-order valence-corrected chi connectivity index (χ3v) is 4.06. The summed E-state index contributed by atoms with van der Waals surface area (Å²) in [5.41, 5.74) is 0.651. The van der Waals surface area contributed by atoms with Crippen LogP contribution in [0.4, 0.5) is 14.5 Å². The maximum atomic E-state index is 13.3. The smallest absolute Gasteiger partial charge is 0.251 e. The lowest BCUT2D eigenvalue weighted by molar-refractivity contribution is -0.141. The monoisotopic (exact) mass is 296 g/mol. The first-order valence-corrected chi connectivity index (χ1v) is 7.25. The van der Waals surface area contributed by atoms with Crippen molar-refractivity contribution in [3.8, 4) is 0 Å². The Labute approximate surface area is 122 Å². The van der Waals surface area contributed by atoms with Crippen LogP contribution in [0.25, 0.3) is 0 Å². The van der Waals surface area contributed by atoms with Crippen LogP contribution in [0.1, 0.15) is 12.8 Å². The van der Waals surface area contributed by atoms with Crippen LogP contribution < -0.4 is 4.90 Å². The first-order valence-electron chi connectivity index (χ1n) is 7.25. The van der Waals surface area contributed by atoms with E-state index in [2.05, 4.69) is 0 Å². The number of benzene rings is 1. The molecular formula is C15H18F2N2O2. The number of rotatable bonds is 2. The number of piperazine rings is 1. The minimum absolute atomic E-state index is 0.0532. The summed E-state index contributed by atoms with van der Waals surface area (Å²) in [5, 5.41) is 0. The summed E-state index contributed by atoms with van der Waals surface area (Å²) in [6.45, 7) is 3.05. The van der Waals surface area contributed by atoms with Gasteiger partial charge in [-0.15, -0.1) is 0 Å². The lowest BCUT2D eigenvalue weighted by atomic mass is 10.2. The molecule has 0 bridgehead atoms. The predicted octanol–water partition coefficient (Wildman–Crippen LogP) is 1.79. The predicted molar refractivity (Wildman–Crippen MR) is 74.1 cm³/mol. The molecule has 4 nitrogen and oxygen atoms in total. The van der Waals surface area contributed by atoms with Crippen molar-refractivity contribution < 1.29 is 18.3 Å². The molecular weight excluding hydrogens is 278 g/mol. The van der Waals surface area contributed by atoms with Gasteiger partial charge < -0.3 is 14.5 Å². The Balaban J connectivity index is 1.59. The molecule has 2 fully saturated rings. The normalized spacial score (nSPS) is 22.7. The Morgan fingerprint density at radius 3 is 2.52 bits per heavy atom. The van der Waals surface area contributed by atoms with Crippen LogP contribution in [-0.4, -0.2) is 49.7 Å². The molecule has 0 aromatic heterocycles. The molecule has 1 amide bonds. The van der Waals surface area contributed by atoms with E-state index in [1.54, 1.807) is 11.0 Å². The molecule has 0 saturated carbocycles. The first kappa shape index (κ1) is 14.3. The Hall–Kier alpha value is -1.69. The van der Waals surface area contributed by atoms with Crippen LogP contribution in [0.2, 0.25) is 0 Å². The fourth-order valence-corrected chi connectivity index (χ4v) is 2.84. The SMILES string of the molecule is O=C(C1CCCO1)N1CCN(c2ccc(F)c(F)c2)CC1. The largest absolute Gasteiger partial charge is 0.368 e. The quantitative estimate of drug-likeness (QED) is 0.834. The van der Waals surface area contributed by atoms with E-state index in [0.29, 0.717) is 38.5 Å². The second-order valence-electron chi connectivity index (χ2n) is 5.41. The molecule has 2 aliphatic heterocycles. The van der Waals surface area contributed by atoms with E-state index in [1.165, 1.54) is 6.07 Å². The molecule has 6 heteroatoms. The van der Waals surface area contributed by atoms with Gasteiger partial charge in [-0.05, 0) is 25.0 Å². The molecule has 2 aliphatic rings. The van der Waals surface area contributed by atoms with Gasteiger partial charge in [-0.1, -0.05) is 0 Å². The lowest BCUT2D eigenvalue weighted by Crippen LogP contribution is -2.51. The van der Waals surface area contributed by atoms with Gasteiger partial charge >= 0.3 is 0 Å². The molecule has 0 aliphatic carbocycles. The molecule has 3 rings (SSSR count). The van der Waals surface area contributed by atoms with Crippen LogP contribution >= 0.6 is 0 Å². The molecule has 0 radical (unpaired) electrons. The summed E-state index contributed by atoms with van der Waals surface area (Å²) >= 11 is 0. The van der Waals surface area contributed by atoms with E-state index in [1.807, 2.05) is 4.90 Å². The van der Waals surface area contributed by atoms with Gasteiger partial charge in [-0.2, -0.15) is 0 Å². The molecule has 1 unspecified atom stereocenters. The number of hydrogen-bond donors (Lipinski definition) is 0. The average Bonchev–Trinajstić information content (AvgIpc) is 3.04. The minimum Gasteiger partial charge on any atom is -0.368 e. The average molecular weight is 296 g/mol. The zero-order chi connectivity index (χ0) is 14.8. The fourth-order valence-electron chi connectivity index (χ4n) is 2.84. The highest BCUT2D eigenvalue weighted by Crippen LogP contribution is 2.21. The maximum Gasteiger partial charge on any atom is 0.251 e. The van der Waals surface area contributed by atoms with Gasteiger partial charge in [-0.3, -0.25) is 4.79 Å². The molecule has 1 aromatic carbocycles. The van der Waals surface area contributed by atoms with Crippen LogP contribution in [0.15, 0.2) is 18.2 Å². The van der Waals surface area contributed by atoms with Crippen LogP contribution in [0, 0.1) is 11.6 Å². The summed E-state index contributed by atoms with van der Waals surface area (Å²) in [4.78, 5) is 16.0. The molecule has 1 atom stereocenters. The number of hydrogen-bond acceptors (Lipinski definition) is 3. The summed E-state index contributed by atoms with van der Waals surface area (Å²) < 4.78 is 31.6. The van der Waals surface area contributed by atoms with Crippen molar-refractivity contribution in [2.24, 2.45) is 0 Å². The zero-order valence-electron chi connectivity index (χ0n) is 11.7. The molecule has 2 heterocycles. The van der Waals surface area contributed by atoms with E-state index in [4.69, 9.17) is 4.74 Å². The molecule has 114 valence electrons. The number of ether oxygens (including phenoxy) is 1. The van der Waals surface area contributed by atoms with E-state index in [-0.39, 0.29) is 12.0 Å². The van der Waals surface area contributed by atoms with Gasteiger partial charge in [0.15, 0.2) is 11.6 Å². The van der Waals surface area contributed by atoms with Gasteiger partial charge in [0.05, 0.1) is 0 Å². The molecule has 1 aromatic rings. The third kappa shape index (κ3) is 3.00. The number of anilines is 1. The third-order valence-electron chi connectivity index (χ3n) is 4.06. The van der Waals surface area contributed by atoms with Crippen molar-refractivity contribution >= 4 is 11.6 Å². The summed E-state index contributed by atoms with van der Waals surface area (Å²) in [6.07, 6.45) is 1.44. The van der Waals surface area contributed by atoms with E-state index < -0.39 is 11.6 Å². The van der Waals surface area contributed by atoms with E-state index >= 15 is 0 Å². The van der Waals surface area contributed by atoms with Crippen LogP contribution in [-0.2, 0) is 9.53 Å². The molecule has 0 N–H and O–H groups in total. The fraction of sp³-hybridized carbons (Fsp3) is 0.533. The topological polar surface area (TPSA) is 32.8 Å². The van der Waals surface area contributed by atoms with Crippen molar-refractivity contribution in [1.82, 2.24) is 4.90 Å². The zero-order valence-corrected chi connectivity index (χ0v) is 11.7. The van der Waals surface area contributed by atoms with Crippen LogP contribution in [0.3, 0.4) is 0 Å². The van der Waals surface area contributed by atoms with Crippen molar-refractivity contribution in [2.75, 3.05) is 37.7 Å². The van der Waals surface area contributed by atoms with Gasteiger partial charge in [-0.25, -0.2) is 8.78 Å². The van der Waals surface area contributed by atoms with Gasteiger partial charge in [0.1, 0.15) is 6.10 Å². The number of carbonyl (C=O) groups excluding carboxylic acids is 1. The van der Waals surface area contributed by atoms with Crippen LogP contribution in [0.5, 0.6) is 0 Å². The Morgan fingerprint density at radius 1 is 1.14 bits per heavy atom. The standard InChI is InChI=1S/C15H18F2N2O2/c16-12-4-3-11(10-13(12)17)18-5-7-19(8-6-18)15(20)14-2-1-9-21-14/h3-4,10,14H,1-2,5-9H2. The van der Waals surface area contributed by atoms with Crippen molar-refractivity contribution in [2.45, 2.75) is 18.9 Å². The summed E-state index contributed by atoms with van der Waals surface area (Å²) in [7, 11) is 0. The number of carbonyl (C=O) groups is 1. The Kier molecular flexibility index (Phi) is 4.05. The van der Waals surface area contributed by atoms with Gasteiger partial charge in [0.25, 0.3) is 5.91 Å². The molecule has 21 heavy (non-hydrogen) atoms. The second kappa shape index (κ2) is 5.97. The highest BCUT2D eigenvalue weighted by molar-refractivity contribution is 5.81. The lowest BCUT2D eigenvalue weighted by Gasteiger charge is -2.37. The van der Waals surface area contributed by atoms with Gasteiger partial charge in [0.2, 0.25) is 0 Å². The van der Waals surface area contributed by atoms with Gasteiger partial charge in [0, 0.05) is 44.5 Å². The molecule has 2 saturated heterocycles. The summed E-state index contributed by atoms with van der Waals surface area (Å²) in [6, 6.07) is 3.90. The number of nitrogens with zero attached hydrogens (tertiary/aromatic N) is 2. The maximum absolute atomic E-state index is 13.3. The van der Waals surface area contributed by atoms with Crippen molar-refractivity contribution in [3.63, 3.8) is 0 Å². The Bertz CT molecular complexity index is 524. The summed E-state index contributed by atoms with van der Waals surface area (Å²) in [5.74, 6) is -1.63. The first-order chi connectivity index (χ1) is 10.1. The van der Waals surface area contributed by atoms with E-state index in [0.717, 1.165) is 18.9 Å². The van der Waals surface area contributed by atoms with Crippen molar-refractivity contribution in [3.05, 3.63) is 29.8 Å². The number of halogens is 2. The Morgan fingerprint density at radius 2 is 1.90 bits per heavy atom. The minimum atomic E-state index is -0.842. The second-order valence-corrected chi connectivity index (χ2v) is 5.41. The number of amides is 1. The highest BCUT2D eigenvalue weighted by atomic mass is 19.2. The van der Waals surface area contributed by atoms with Crippen molar-refractivity contribution in [1.29, 1.82) is 0 Å².